The normalized spacial score (nSPS) is 10.6. The lowest BCUT2D eigenvalue weighted by Gasteiger charge is -2.14. The van der Waals surface area contributed by atoms with Crippen LogP contribution in [0.4, 0.5) is 5.69 Å². The number of para-hydroxylation sites is 1. The molecular weight excluding hydrogens is 316 g/mol. The maximum Gasteiger partial charge on any atom is 0.161 e. The first-order valence-corrected chi connectivity index (χ1v) is 8.05. The van der Waals surface area contributed by atoms with Crippen LogP contribution in [0.1, 0.15) is 11.3 Å². The molecule has 25 heavy (non-hydrogen) atoms. The van der Waals surface area contributed by atoms with E-state index in [9.17, 15) is 0 Å². The van der Waals surface area contributed by atoms with Crippen LogP contribution in [-0.4, -0.2) is 26.3 Å². The molecule has 3 aromatic rings. The molecule has 0 spiro atoms. The Morgan fingerprint density at radius 1 is 0.880 bits per heavy atom. The molecule has 1 aromatic heterocycles. The molecule has 0 atom stereocenters. The molecule has 1 N–H and O–H groups in total. The van der Waals surface area contributed by atoms with Crippen molar-refractivity contribution in [3.63, 3.8) is 0 Å². The molecule has 0 saturated carbocycles. The van der Waals surface area contributed by atoms with Crippen molar-refractivity contribution >= 4 is 16.6 Å². The van der Waals surface area contributed by atoms with Crippen LogP contribution in [0.15, 0.2) is 42.5 Å². The minimum Gasteiger partial charge on any atom is -0.494 e. The quantitative estimate of drug-likeness (QED) is 0.731. The van der Waals surface area contributed by atoms with Crippen molar-refractivity contribution in [1.29, 1.82) is 0 Å². The molecule has 130 valence electrons. The highest BCUT2D eigenvalue weighted by Crippen LogP contribution is 2.31. The van der Waals surface area contributed by atoms with Crippen molar-refractivity contribution in [3.8, 4) is 17.2 Å². The number of hydrogen-bond acceptors (Lipinski definition) is 5. The molecular formula is C20H22N2O3. The molecule has 0 radical (unpaired) electrons. The van der Waals surface area contributed by atoms with Crippen molar-refractivity contribution in [2.75, 3.05) is 26.6 Å². The summed E-state index contributed by atoms with van der Waals surface area (Å²) in [5.74, 6) is 2.22. The van der Waals surface area contributed by atoms with Crippen LogP contribution >= 0.6 is 0 Å². The van der Waals surface area contributed by atoms with Crippen LogP contribution in [0.3, 0.4) is 0 Å². The van der Waals surface area contributed by atoms with Gasteiger partial charge >= 0.3 is 0 Å². The molecule has 0 unspecified atom stereocenters. The third-order valence-electron chi connectivity index (χ3n) is 4.08. The first-order valence-electron chi connectivity index (χ1n) is 8.05. The number of hydrogen-bond donors (Lipinski definition) is 1. The van der Waals surface area contributed by atoms with Gasteiger partial charge in [-0.2, -0.15) is 0 Å². The van der Waals surface area contributed by atoms with E-state index in [1.165, 1.54) is 0 Å². The van der Waals surface area contributed by atoms with Gasteiger partial charge in [-0.05, 0) is 36.8 Å². The molecule has 0 saturated heterocycles. The Kier molecular flexibility index (Phi) is 4.93. The summed E-state index contributed by atoms with van der Waals surface area (Å²) >= 11 is 0. The highest BCUT2D eigenvalue weighted by Gasteiger charge is 2.09. The van der Waals surface area contributed by atoms with E-state index in [1.807, 2.05) is 49.4 Å². The van der Waals surface area contributed by atoms with E-state index in [4.69, 9.17) is 14.2 Å². The van der Waals surface area contributed by atoms with Crippen LogP contribution in [-0.2, 0) is 6.54 Å². The van der Waals surface area contributed by atoms with E-state index in [1.54, 1.807) is 21.3 Å². The SMILES string of the molecule is COc1ccc(CNc2cc(C)nc3c(OC)cccc23)cc1OC. The summed E-state index contributed by atoms with van der Waals surface area (Å²) in [5, 5.41) is 4.53. The van der Waals surface area contributed by atoms with Crippen LogP contribution in [0.2, 0.25) is 0 Å². The molecule has 1 heterocycles. The van der Waals surface area contributed by atoms with E-state index >= 15 is 0 Å². The molecule has 0 fully saturated rings. The lowest BCUT2D eigenvalue weighted by atomic mass is 10.1. The Hall–Kier alpha value is -2.95. The number of nitrogens with one attached hydrogen (secondary N) is 1. The maximum atomic E-state index is 5.44. The Morgan fingerprint density at radius 2 is 1.64 bits per heavy atom. The second-order valence-electron chi connectivity index (χ2n) is 5.71. The number of anilines is 1. The lowest BCUT2D eigenvalue weighted by molar-refractivity contribution is 0.354. The van der Waals surface area contributed by atoms with E-state index < -0.39 is 0 Å². The Labute approximate surface area is 147 Å². The van der Waals surface area contributed by atoms with Gasteiger partial charge in [-0.1, -0.05) is 18.2 Å². The van der Waals surface area contributed by atoms with Crippen LogP contribution in [0, 0.1) is 6.92 Å². The standard InChI is InChI=1S/C20H22N2O3/c1-13-10-16(15-6-5-7-18(24-3)20(15)22-13)21-12-14-8-9-17(23-2)19(11-14)25-4/h5-11H,12H2,1-4H3,(H,21,22). The highest BCUT2D eigenvalue weighted by molar-refractivity contribution is 5.95. The number of nitrogens with zero attached hydrogens (tertiary/aromatic N) is 1. The van der Waals surface area contributed by atoms with Gasteiger partial charge in [-0.15, -0.1) is 0 Å². The minimum atomic E-state index is 0.663. The Balaban J connectivity index is 1.91. The largest absolute Gasteiger partial charge is 0.494 e. The summed E-state index contributed by atoms with van der Waals surface area (Å²) in [6.07, 6.45) is 0. The second kappa shape index (κ2) is 7.30. The highest BCUT2D eigenvalue weighted by atomic mass is 16.5. The van der Waals surface area contributed by atoms with Crippen molar-refractivity contribution in [2.24, 2.45) is 0 Å². The van der Waals surface area contributed by atoms with Crippen molar-refractivity contribution in [2.45, 2.75) is 13.5 Å². The maximum absolute atomic E-state index is 5.44. The molecule has 3 rings (SSSR count). The lowest BCUT2D eigenvalue weighted by Crippen LogP contribution is -2.02. The molecule has 0 aliphatic rings. The second-order valence-corrected chi connectivity index (χ2v) is 5.71. The summed E-state index contributed by atoms with van der Waals surface area (Å²) in [5.41, 5.74) is 3.92. The monoisotopic (exact) mass is 338 g/mol. The van der Waals surface area contributed by atoms with Gasteiger partial charge in [-0.25, -0.2) is 4.98 Å². The van der Waals surface area contributed by atoms with Crippen LogP contribution in [0.25, 0.3) is 10.9 Å². The van der Waals surface area contributed by atoms with Gasteiger partial charge in [0.15, 0.2) is 11.5 Å². The first kappa shape index (κ1) is 16.9. The van der Waals surface area contributed by atoms with Gasteiger partial charge in [0.25, 0.3) is 0 Å². The van der Waals surface area contributed by atoms with Crippen LogP contribution < -0.4 is 19.5 Å². The summed E-state index contributed by atoms with van der Waals surface area (Å²) in [6.45, 7) is 2.64. The zero-order chi connectivity index (χ0) is 17.8. The van der Waals surface area contributed by atoms with Crippen LogP contribution in [0.5, 0.6) is 17.2 Å². The fraction of sp³-hybridized carbons (Fsp3) is 0.250. The molecule has 5 heteroatoms. The van der Waals surface area contributed by atoms with Gasteiger partial charge in [0, 0.05) is 23.3 Å². The summed E-state index contributed by atoms with van der Waals surface area (Å²) in [7, 11) is 4.94. The molecule has 0 aliphatic heterocycles. The topological polar surface area (TPSA) is 52.6 Å². The zero-order valence-corrected chi connectivity index (χ0v) is 14.9. The Morgan fingerprint density at radius 3 is 2.36 bits per heavy atom. The van der Waals surface area contributed by atoms with Crippen molar-refractivity contribution in [3.05, 3.63) is 53.7 Å². The number of methoxy groups -OCH3 is 3. The fourth-order valence-corrected chi connectivity index (χ4v) is 2.85. The fourth-order valence-electron chi connectivity index (χ4n) is 2.85. The first-order chi connectivity index (χ1) is 12.2. The van der Waals surface area contributed by atoms with Gasteiger partial charge in [-0.3, -0.25) is 0 Å². The molecule has 0 bridgehead atoms. The molecule has 2 aromatic carbocycles. The third kappa shape index (κ3) is 3.45. The average Bonchev–Trinajstić information content (AvgIpc) is 2.65. The van der Waals surface area contributed by atoms with Gasteiger partial charge in [0.1, 0.15) is 11.3 Å². The predicted octanol–water partition coefficient (Wildman–Crippen LogP) is 4.18. The third-order valence-corrected chi connectivity index (χ3v) is 4.08. The minimum absolute atomic E-state index is 0.663. The molecule has 0 aliphatic carbocycles. The van der Waals surface area contributed by atoms with E-state index in [-0.39, 0.29) is 0 Å². The Bertz CT molecular complexity index is 893. The number of rotatable bonds is 6. The number of pyridine rings is 1. The van der Waals surface area contributed by atoms with E-state index in [2.05, 4.69) is 10.3 Å². The van der Waals surface area contributed by atoms with E-state index in [0.717, 1.165) is 45.1 Å². The molecule has 5 nitrogen and oxygen atoms in total. The van der Waals surface area contributed by atoms with E-state index in [0.29, 0.717) is 6.54 Å². The predicted molar refractivity (Wildman–Crippen MR) is 99.9 cm³/mol. The number of fused-ring (bicyclic) bond motifs is 1. The average molecular weight is 338 g/mol. The van der Waals surface area contributed by atoms with Gasteiger partial charge in [0.2, 0.25) is 0 Å². The van der Waals surface area contributed by atoms with Crippen molar-refractivity contribution in [1.82, 2.24) is 4.98 Å². The van der Waals surface area contributed by atoms with Gasteiger partial charge in [0.05, 0.1) is 21.3 Å². The smallest absolute Gasteiger partial charge is 0.161 e. The molecule has 0 amide bonds. The van der Waals surface area contributed by atoms with Gasteiger partial charge < -0.3 is 19.5 Å². The number of aryl methyl sites for hydroxylation is 1. The number of ether oxygens (including phenoxy) is 3. The summed E-state index contributed by atoms with van der Waals surface area (Å²) < 4.78 is 16.1. The number of benzene rings is 2. The summed E-state index contributed by atoms with van der Waals surface area (Å²) in [4.78, 5) is 4.61. The summed E-state index contributed by atoms with van der Waals surface area (Å²) in [6, 6.07) is 13.9. The number of aromatic nitrogens is 1. The zero-order valence-electron chi connectivity index (χ0n) is 14.9. The van der Waals surface area contributed by atoms with Crippen molar-refractivity contribution < 1.29 is 14.2 Å².